The fourth-order valence-corrected chi connectivity index (χ4v) is 1.92. The summed E-state index contributed by atoms with van der Waals surface area (Å²) in [6.07, 6.45) is 0. The molecule has 0 aliphatic rings. The van der Waals surface area contributed by atoms with E-state index in [-0.39, 0.29) is 24.3 Å². The van der Waals surface area contributed by atoms with E-state index in [4.69, 9.17) is 0 Å². The maximum Gasteiger partial charge on any atom is 0.243 e. The zero-order valence-corrected chi connectivity index (χ0v) is 14.0. The summed E-state index contributed by atoms with van der Waals surface area (Å²) in [6, 6.07) is 6.85. The minimum Gasteiger partial charge on any atom is -0.332 e. The number of carbonyl (C=O) groups excluding carboxylic acids is 3. The molecule has 0 aliphatic heterocycles. The Kier molecular flexibility index (Phi) is 7.21. The summed E-state index contributed by atoms with van der Waals surface area (Å²) in [5, 5.41) is 5.38. The van der Waals surface area contributed by atoms with Crippen molar-refractivity contribution >= 4 is 29.1 Å². The van der Waals surface area contributed by atoms with E-state index in [1.54, 1.807) is 24.3 Å². The average Bonchev–Trinajstić information content (AvgIpc) is 2.42. The van der Waals surface area contributed by atoms with Gasteiger partial charge in [-0.15, -0.1) is 0 Å². The highest BCUT2D eigenvalue weighted by Crippen LogP contribution is 2.15. The third-order valence-corrected chi connectivity index (χ3v) is 3.06. The number of nitrogens with zero attached hydrogens (tertiary/aromatic N) is 2. The van der Waals surface area contributed by atoms with Crippen LogP contribution in [0.3, 0.4) is 0 Å². The Morgan fingerprint density at radius 3 is 2.13 bits per heavy atom. The van der Waals surface area contributed by atoms with Gasteiger partial charge in [-0.05, 0) is 32.3 Å². The lowest BCUT2D eigenvalue weighted by atomic mass is 10.2. The van der Waals surface area contributed by atoms with Crippen LogP contribution in [0.2, 0.25) is 0 Å². The molecule has 0 unspecified atom stereocenters. The molecule has 0 radical (unpaired) electrons. The lowest BCUT2D eigenvalue weighted by Gasteiger charge is -2.22. The van der Waals surface area contributed by atoms with Gasteiger partial charge >= 0.3 is 0 Å². The number of hydrogen-bond acceptors (Lipinski definition) is 4. The largest absolute Gasteiger partial charge is 0.332 e. The highest BCUT2D eigenvalue weighted by Gasteiger charge is 2.14. The monoisotopic (exact) mass is 320 g/mol. The molecular weight excluding hydrogens is 296 g/mol. The van der Waals surface area contributed by atoms with Crippen molar-refractivity contribution < 1.29 is 14.4 Å². The Labute approximate surface area is 136 Å². The number of likely N-dealkylation sites (N-methyl/N-ethyl adjacent to an activating group) is 1. The van der Waals surface area contributed by atoms with Crippen LogP contribution in [-0.2, 0) is 14.4 Å². The lowest BCUT2D eigenvalue weighted by Crippen LogP contribution is -2.40. The first-order valence-corrected chi connectivity index (χ1v) is 7.35. The van der Waals surface area contributed by atoms with Crippen molar-refractivity contribution in [1.29, 1.82) is 0 Å². The third kappa shape index (κ3) is 7.42. The summed E-state index contributed by atoms with van der Waals surface area (Å²) >= 11 is 0. The van der Waals surface area contributed by atoms with Gasteiger partial charge in [-0.1, -0.05) is 6.07 Å². The summed E-state index contributed by atoms with van der Waals surface area (Å²) in [7, 11) is 3.82. The zero-order valence-electron chi connectivity index (χ0n) is 14.0. The number of rotatable bonds is 7. The number of hydrogen-bond donors (Lipinski definition) is 2. The molecule has 0 aliphatic carbocycles. The van der Waals surface area contributed by atoms with E-state index in [0.29, 0.717) is 24.5 Å². The molecule has 0 saturated carbocycles. The van der Waals surface area contributed by atoms with E-state index in [0.717, 1.165) is 0 Å². The normalized spacial score (nSPS) is 10.3. The first-order valence-electron chi connectivity index (χ1n) is 7.35. The van der Waals surface area contributed by atoms with Crippen molar-refractivity contribution in [3.63, 3.8) is 0 Å². The van der Waals surface area contributed by atoms with E-state index in [1.807, 2.05) is 19.0 Å². The van der Waals surface area contributed by atoms with Gasteiger partial charge in [0.15, 0.2) is 0 Å². The molecule has 126 valence electrons. The highest BCUT2D eigenvalue weighted by atomic mass is 16.2. The van der Waals surface area contributed by atoms with Crippen molar-refractivity contribution in [3.8, 4) is 0 Å². The van der Waals surface area contributed by atoms with Crippen LogP contribution in [-0.4, -0.2) is 61.3 Å². The van der Waals surface area contributed by atoms with E-state index in [1.165, 1.54) is 18.7 Å². The van der Waals surface area contributed by atoms with E-state index >= 15 is 0 Å². The van der Waals surface area contributed by atoms with Gasteiger partial charge in [0.2, 0.25) is 17.7 Å². The summed E-state index contributed by atoms with van der Waals surface area (Å²) in [5.74, 6) is -0.604. The lowest BCUT2D eigenvalue weighted by molar-refractivity contribution is -0.132. The fraction of sp³-hybridized carbons (Fsp3) is 0.438. The van der Waals surface area contributed by atoms with Gasteiger partial charge in [0.25, 0.3) is 0 Å². The molecule has 2 N–H and O–H groups in total. The molecule has 0 bridgehead atoms. The number of anilines is 2. The van der Waals surface area contributed by atoms with Crippen LogP contribution in [0.15, 0.2) is 24.3 Å². The van der Waals surface area contributed by atoms with Crippen LogP contribution in [0.5, 0.6) is 0 Å². The molecule has 23 heavy (non-hydrogen) atoms. The maximum atomic E-state index is 12.1. The van der Waals surface area contributed by atoms with Crippen molar-refractivity contribution in [3.05, 3.63) is 24.3 Å². The molecule has 1 aromatic rings. The van der Waals surface area contributed by atoms with Crippen LogP contribution in [0, 0.1) is 0 Å². The second kappa shape index (κ2) is 8.89. The average molecular weight is 320 g/mol. The van der Waals surface area contributed by atoms with Crippen LogP contribution in [0.25, 0.3) is 0 Å². The highest BCUT2D eigenvalue weighted by molar-refractivity contribution is 5.95. The molecule has 3 amide bonds. The van der Waals surface area contributed by atoms with Gasteiger partial charge in [0, 0.05) is 38.3 Å². The van der Waals surface area contributed by atoms with Crippen molar-refractivity contribution in [2.75, 3.05) is 44.4 Å². The van der Waals surface area contributed by atoms with Crippen molar-refractivity contribution in [1.82, 2.24) is 9.80 Å². The Bertz CT molecular complexity index is 572. The van der Waals surface area contributed by atoms with E-state index in [9.17, 15) is 14.4 Å². The van der Waals surface area contributed by atoms with Gasteiger partial charge in [0.1, 0.15) is 0 Å². The van der Waals surface area contributed by atoms with Gasteiger partial charge in [-0.25, -0.2) is 0 Å². The molecule has 1 rings (SSSR count). The maximum absolute atomic E-state index is 12.1. The van der Waals surface area contributed by atoms with Crippen molar-refractivity contribution in [2.45, 2.75) is 13.8 Å². The van der Waals surface area contributed by atoms with Crippen LogP contribution in [0.1, 0.15) is 13.8 Å². The van der Waals surface area contributed by atoms with Gasteiger partial charge in [-0.2, -0.15) is 0 Å². The molecule has 0 heterocycles. The molecule has 0 spiro atoms. The minimum atomic E-state index is -0.279. The Morgan fingerprint density at radius 2 is 1.61 bits per heavy atom. The number of benzene rings is 1. The quantitative estimate of drug-likeness (QED) is 0.785. The SMILES string of the molecule is CC(=O)Nc1cccc(NC(=O)CN(CCN(C)C)C(C)=O)c1. The molecule has 0 atom stereocenters. The molecule has 7 heteroatoms. The molecular formula is C16H24N4O3. The summed E-state index contributed by atoms with van der Waals surface area (Å²) in [4.78, 5) is 38.2. The first-order chi connectivity index (χ1) is 10.8. The zero-order chi connectivity index (χ0) is 17.4. The molecule has 0 fully saturated rings. The molecule has 0 saturated heterocycles. The standard InChI is InChI=1S/C16H24N4O3/c1-12(21)17-14-6-5-7-15(10-14)18-16(23)11-20(13(2)22)9-8-19(3)4/h5-7,10H,8-9,11H2,1-4H3,(H,17,21)(H,18,23). The Hall–Kier alpha value is -2.41. The summed E-state index contributed by atoms with van der Waals surface area (Å²) in [5.41, 5.74) is 1.17. The second-order valence-corrected chi connectivity index (χ2v) is 5.55. The first kappa shape index (κ1) is 18.6. The minimum absolute atomic E-state index is 0.00641. The topological polar surface area (TPSA) is 81.8 Å². The Balaban J connectivity index is 2.63. The third-order valence-electron chi connectivity index (χ3n) is 3.06. The fourth-order valence-electron chi connectivity index (χ4n) is 1.92. The van der Waals surface area contributed by atoms with Crippen LogP contribution in [0.4, 0.5) is 11.4 Å². The molecule has 0 aromatic heterocycles. The number of amides is 3. The predicted molar refractivity (Wildman–Crippen MR) is 90.2 cm³/mol. The Morgan fingerprint density at radius 1 is 1.00 bits per heavy atom. The number of nitrogens with one attached hydrogen (secondary N) is 2. The van der Waals surface area contributed by atoms with Crippen LogP contribution >= 0.6 is 0 Å². The second-order valence-electron chi connectivity index (χ2n) is 5.55. The van der Waals surface area contributed by atoms with Gasteiger partial charge in [-0.3, -0.25) is 14.4 Å². The predicted octanol–water partition coefficient (Wildman–Crippen LogP) is 0.994. The van der Waals surface area contributed by atoms with Gasteiger partial charge in [0.05, 0.1) is 6.54 Å². The van der Waals surface area contributed by atoms with Gasteiger partial charge < -0.3 is 20.4 Å². The van der Waals surface area contributed by atoms with E-state index in [2.05, 4.69) is 10.6 Å². The molecule has 7 nitrogen and oxygen atoms in total. The number of carbonyl (C=O) groups is 3. The summed E-state index contributed by atoms with van der Waals surface area (Å²) < 4.78 is 0. The summed E-state index contributed by atoms with van der Waals surface area (Å²) in [6.45, 7) is 4.03. The smallest absolute Gasteiger partial charge is 0.243 e. The molecule has 1 aromatic carbocycles. The van der Waals surface area contributed by atoms with Crippen molar-refractivity contribution in [2.24, 2.45) is 0 Å². The van der Waals surface area contributed by atoms with E-state index < -0.39 is 0 Å². The van der Waals surface area contributed by atoms with Crippen LogP contribution < -0.4 is 10.6 Å².